The molecule has 6 heteroatoms. The molecule has 0 aliphatic carbocycles. The first-order chi connectivity index (χ1) is 12.7. The summed E-state index contributed by atoms with van der Waals surface area (Å²) in [5, 5.41) is 5.11. The van der Waals surface area contributed by atoms with E-state index in [0.717, 1.165) is 37.6 Å². The molecule has 1 fully saturated rings. The normalized spacial score (nSPS) is 16.3. The number of para-hydroxylation sites is 2. The third-order valence-electron chi connectivity index (χ3n) is 4.93. The largest absolute Gasteiger partial charge is 0.492 e. The summed E-state index contributed by atoms with van der Waals surface area (Å²) in [6.45, 7) is 9.11. The van der Waals surface area contributed by atoms with Gasteiger partial charge in [-0.25, -0.2) is 0 Å². The molecule has 1 aromatic heterocycles. The summed E-state index contributed by atoms with van der Waals surface area (Å²) in [6, 6.07) is 12.2. The molecule has 1 atom stereocenters. The Balaban J connectivity index is 1.52. The average molecular weight is 375 g/mol. The Hall–Kier alpha value is -2.05. The van der Waals surface area contributed by atoms with Crippen molar-refractivity contribution in [1.82, 2.24) is 5.32 Å². The molecule has 2 N–H and O–H groups in total. The first-order valence-electron chi connectivity index (χ1n) is 9.30. The van der Waals surface area contributed by atoms with Gasteiger partial charge in [0.15, 0.2) is 6.04 Å². The van der Waals surface area contributed by atoms with E-state index in [1.165, 1.54) is 9.78 Å². The van der Waals surface area contributed by atoms with E-state index >= 15 is 0 Å². The number of piperazine rings is 1. The molecule has 2 aromatic rings. The summed E-state index contributed by atoms with van der Waals surface area (Å²) in [5.74, 6) is 1.08. The lowest BCUT2D eigenvalue weighted by Gasteiger charge is -2.36. The Morgan fingerprint density at radius 2 is 2.04 bits per heavy atom. The number of nitrogens with one attached hydrogen (secondary N) is 2. The summed E-state index contributed by atoms with van der Waals surface area (Å²) in [4.78, 5) is 17.4. The van der Waals surface area contributed by atoms with Crippen LogP contribution in [-0.2, 0) is 11.3 Å². The molecule has 0 bridgehead atoms. The first-order valence-corrected chi connectivity index (χ1v) is 10.2. The fourth-order valence-corrected chi connectivity index (χ4v) is 4.03. The van der Waals surface area contributed by atoms with Crippen molar-refractivity contribution in [2.24, 2.45) is 0 Å². The third-order valence-corrected chi connectivity index (χ3v) is 5.81. The summed E-state index contributed by atoms with van der Waals surface area (Å²) in [5.41, 5.74) is 1.16. The SMILES string of the molecule is CCOc1ccccc1N1CC[NH+]([C@H](C)C(=O)NCc2cccs2)CC1. The van der Waals surface area contributed by atoms with Gasteiger partial charge in [-0.1, -0.05) is 18.2 Å². The maximum Gasteiger partial charge on any atom is 0.278 e. The fourth-order valence-electron chi connectivity index (χ4n) is 3.39. The van der Waals surface area contributed by atoms with Crippen molar-refractivity contribution < 1.29 is 14.4 Å². The number of rotatable bonds is 7. The molecule has 1 aromatic carbocycles. The van der Waals surface area contributed by atoms with Crippen LogP contribution in [0.25, 0.3) is 0 Å². The van der Waals surface area contributed by atoms with E-state index in [-0.39, 0.29) is 11.9 Å². The van der Waals surface area contributed by atoms with Gasteiger partial charge in [0.1, 0.15) is 5.75 Å². The number of thiophene rings is 1. The molecular formula is C20H28N3O2S+. The van der Waals surface area contributed by atoms with Crippen LogP contribution in [0.15, 0.2) is 41.8 Å². The Morgan fingerprint density at radius 3 is 2.73 bits per heavy atom. The zero-order valence-corrected chi connectivity index (χ0v) is 16.3. The Morgan fingerprint density at radius 1 is 1.27 bits per heavy atom. The van der Waals surface area contributed by atoms with Crippen molar-refractivity contribution in [2.75, 3.05) is 37.7 Å². The van der Waals surface area contributed by atoms with Crippen LogP contribution in [0, 0.1) is 0 Å². The van der Waals surface area contributed by atoms with Gasteiger partial charge in [-0.2, -0.15) is 0 Å². The van der Waals surface area contributed by atoms with Crippen LogP contribution >= 0.6 is 11.3 Å². The highest BCUT2D eigenvalue weighted by Crippen LogP contribution is 2.27. The molecule has 140 valence electrons. The highest BCUT2D eigenvalue weighted by molar-refractivity contribution is 7.09. The molecule has 0 spiro atoms. The standard InChI is InChI=1S/C20H27N3O2S/c1-3-25-19-9-5-4-8-18(19)23-12-10-22(11-13-23)16(2)20(24)21-15-17-7-6-14-26-17/h4-9,14,16H,3,10-13,15H2,1-2H3,(H,21,24)/p+1/t16-/m1/s1. The number of benzene rings is 1. The molecule has 1 aliphatic heterocycles. The van der Waals surface area contributed by atoms with Crippen LogP contribution in [0.5, 0.6) is 5.75 Å². The van der Waals surface area contributed by atoms with E-state index < -0.39 is 0 Å². The number of hydrogen-bond donors (Lipinski definition) is 2. The van der Waals surface area contributed by atoms with Crippen LogP contribution in [0.3, 0.4) is 0 Å². The maximum atomic E-state index is 12.5. The van der Waals surface area contributed by atoms with Crippen molar-refractivity contribution in [3.05, 3.63) is 46.7 Å². The number of ether oxygens (including phenoxy) is 1. The molecule has 1 saturated heterocycles. The van der Waals surface area contributed by atoms with E-state index in [1.54, 1.807) is 11.3 Å². The van der Waals surface area contributed by atoms with Crippen molar-refractivity contribution in [3.8, 4) is 5.75 Å². The number of amides is 1. The van der Waals surface area contributed by atoms with Gasteiger partial charge in [0.05, 0.1) is 45.0 Å². The second-order valence-electron chi connectivity index (χ2n) is 6.56. The van der Waals surface area contributed by atoms with E-state index in [4.69, 9.17) is 4.74 Å². The smallest absolute Gasteiger partial charge is 0.278 e. The minimum atomic E-state index is -0.0285. The second-order valence-corrected chi connectivity index (χ2v) is 7.60. The topological polar surface area (TPSA) is 46.0 Å². The molecule has 5 nitrogen and oxygen atoms in total. The molecule has 26 heavy (non-hydrogen) atoms. The van der Waals surface area contributed by atoms with E-state index in [2.05, 4.69) is 28.4 Å². The summed E-state index contributed by atoms with van der Waals surface area (Å²) < 4.78 is 5.76. The predicted molar refractivity (Wildman–Crippen MR) is 106 cm³/mol. The van der Waals surface area contributed by atoms with Gasteiger partial charge in [0.25, 0.3) is 5.91 Å². The number of nitrogens with zero attached hydrogens (tertiary/aromatic N) is 1. The maximum absolute atomic E-state index is 12.5. The van der Waals surface area contributed by atoms with Crippen molar-refractivity contribution in [3.63, 3.8) is 0 Å². The van der Waals surface area contributed by atoms with E-state index in [1.807, 2.05) is 37.4 Å². The Kier molecular flexibility index (Phi) is 6.52. The molecule has 3 rings (SSSR count). The van der Waals surface area contributed by atoms with Crippen LogP contribution in [-0.4, -0.2) is 44.7 Å². The first kappa shape index (κ1) is 18.7. The number of carbonyl (C=O) groups excluding carboxylic acids is 1. The summed E-state index contributed by atoms with van der Waals surface area (Å²) in [6.07, 6.45) is 0. The van der Waals surface area contributed by atoms with E-state index in [0.29, 0.717) is 13.2 Å². The zero-order valence-electron chi connectivity index (χ0n) is 15.5. The molecule has 0 unspecified atom stereocenters. The van der Waals surface area contributed by atoms with Gasteiger partial charge < -0.3 is 19.9 Å². The van der Waals surface area contributed by atoms with Crippen LogP contribution in [0.4, 0.5) is 5.69 Å². The average Bonchev–Trinajstić information content (AvgIpc) is 3.20. The summed E-state index contributed by atoms with van der Waals surface area (Å²) in [7, 11) is 0. The highest BCUT2D eigenvalue weighted by Gasteiger charge is 2.29. The van der Waals surface area contributed by atoms with Crippen LogP contribution < -0.4 is 19.9 Å². The lowest BCUT2D eigenvalue weighted by Crippen LogP contribution is -3.19. The Labute approximate surface area is 159 Å². The third kappa shape index (κ3) is 4.56. The summed E-state index contributed by atoms with van der Waals surface area (Å²) >= 11 is 1.68. The predicted octanol–water partition coefficient (Wildman–Crippen LogP) is 1.56. The van der Waals surface area contributed by atoms with Crippen LogP contribution in [0.2, 0.25) is 0 Å². The molecule has 2 heterocycles. The quantitative estimate of drug-likeness (QED) is 0.773. The lowest BCUT2D eigenvalue weighted by atomic mass is 10.2. The van der Waals surface area contributed by atoms with Crippen molar-refractivity contribution in [2.45, 2.75) is 26.4 Å². The van der Waals surface area contributed by atoms with Gasteiger partial charge in [-0.3, -0.25) is 4.79 Å². The van der Waals surface area contributed by atoms with Crippen molar-refractivity contribution in [1.29, 1.82) is 0 Å². The minimum absolute atomic E-state index is 0.0285. The van der Waals surface area contributed by atoms with Gasteiger partial charge in [0, 0.05) is 4.88 Å². The van der Waals surface area contributed by atoms with Gasteiger partial charge in [-0.05, 0) is 37.4 Å². The van der Waals surface area contributed by atoms with Gasteiger partial charge in [0.2, 0.25) is 0 Å². The molecular weight excluding hydrogens is 346 g/mol. The number of quaternary nitrogens is 1. The highest BCUT2D eigenvalue weighted by atomic mass is 32.1. The van der Waals surface area contributed by atoms with Crippen LogP contribution in [0.1, 0.15) is 18.7 Å². The minimum Gasteiger partial charge on any atom is -0.492 e. The molecule has 0 radical (unpaired) electrons. The molecule has 0 saturated carbocycles. The Bertz CT molecular complexity index is 697. The lowest BCUT2D eigenvalue weighted by molar-refractivity contribution is -0.914. The van der Waals surface area contributed by atoms with Crippen molar-refractivity contribution >= 4 is 22.9 Å². The number of hydrogen-bond acceptors (Lipinski definition) is 4. The number of anilines is 1. The fraction of sp³-hybridized carbons (Fsp3) is 0.450. The monoisotopic (exact) mass is 374 g/mol. The number of carbonyl (C=O) groups is 1. The molecule has 1 aliphatic rings. The van der Waals surface area contributed by atoms with E-state index in [9.17, 15) is 4.79 Å². The second kappa shape index (κ2) is 9.05. The zero-order chi connectivity index (χ0) is 18.4. The molecule has 1 amide bonds. The van der Waals surface area contributed by atoms with Gasteiger partial charge >= 0.3 is 0 Å². The van der Waals surface area contributed by atoms with Gasteiger partial charge in [-0.15, -0.1) is 11.3 Å².